The minimum Gasteiger partial charge on any atom is -0.284 e. The maximum absolute atomic E-state index is 12.8. The van der Waals surface area contributed by atoms with E-state index in [4.69, 9.17) is 0 Å². The maximum atomic E-state index is 12.8. The highest BCUT2D eigenvalue weighted by atomic mass is 19.4. The van der Waals surface area contributed by atoms with E-state index in [2.05, 4.69) is 5.10 Å². The lowest BCUT2D eigenvalue weighted by Crippen LogP contribution is -2.25. The fourth-order valence-electron chi connectivity index (χ4n) is 2.96. The highest BCUT2D eigenvalue weighted by Crippen LogP contribution is 2.34. The van der Waals surface area contributed by atoms with Gasteiger partial charge in [-0.05, 0) is 25.7 Å². The second-order valence-corrected chi connectivity index (χ2v) is 5.19. The van der Waals surface area contributed by atoms with Crippen molar-refractivity contribution >= 4 is 5.78 Å². The Morgan fingerprint density at radius 2 is 1.85 bits per heavy atom. The molecule has 0 bridgehead atoms. The normalized spacial score (nSPS) is 16.9. The maximum Gasteiger partial charge on any atom is 0.455 e. The van der Waals surface area contributed by atoms with Gasteiger partial charge in [0.2, 0.25) is 0 Å². The third-order valence-corrected chi connectivity index (χ3v) is 3.91. The smallest absolute Gasteiger partial charge is 0.284 e. The van der Waals surface area contributed by atoms with Crippen LogP contribution in [0, 0.1) is 0 Å². The molecule has 0 spiro atoms. The van der Waals surface area contributed by atoms with Crippen LogP contribution in [-0.2, 0) is 12.8 Å². The van der Waals surface area contributed by atoms with E-state index in [1.54, 1.807) is 18.5 Å². The van der Waals surface area contributed by atoms with Crippen LogP contribution >= 0.6 is 0 Å². The molecule has 6 heteroatoms. The van der Waals surface area contributed by atoms with Crippen molar-refractivity contribution in [3.05, 3.63) is 17.0 Å². The van der Waals surface area contributed by atoms with Gasteiger partial charge in [0.05, 0.1) is 17.3 Å². The third-order valence-electron chi connectivity index (χ3n) is 3.91. The number of hydrogen-bond donors (Lipinski definition) is 0. The number of ketones is 1. The summed E-state index contributed by atoms with van der Waals surface area (Å²) >= 11 is 0. The van der Waals surface area contributed by atoms with Crippen molar-refractivity contribution in [2.24, 2.45) is 0 Å². The van der Waals surface area contributed by atoms with Crippen LogP contribution in [0.25, 0.3) is 0 Å². The lowest BCUT2D eigenvalue weighted by atomic mass is 10.0. The van der Waals surface area contributed by atoms with Gasteiger partial charge in [0, 0.05) is 5.69 Å². The van der Waals surface area contributed by atoms with Crippen molar-refractivity contribution in [3.8, 4) is 0 Å². The number of rotatable bonds is 4. The first kappa shape index (κ1) is 15.1. The topological polar surface area (TPSA) is 34.9 Å². The number of aryl methyl sites for hydroxylation is 1. The monoisotopic (exact) mass is 288 g/mol. The van der Waals surface area contributed by atoms with E-state index < -0.39 is 12.0 Å². The van der Waals surface area contributed by atoms with Crippen molar-refractivity contribution in [2.45, 2.75) is 64.6 Å². The van der Waals surface area contributed by atoms with Gasteiger partial charge in [-0.25, -0.2) is 0 Å². The molecule has 2 rings (SSSR count). The molecule has 0 aliphatic heterocycles. The van der Waals surface area contributed by atoms with Crippen molar-refractivity contribution < 1.29 is 18.0 Å². The molecule has 1 aromatic heterocycles. The number of halogens is 3. The SMILES string of the molecule is CCc1nn(C2CCCC2)c(CC)c1C(=O)C(F)(F)F. The van der Waals surface area contributed by atoms with Crippen LogP contribution in [0.15, 0.2) is 0 Å². The molecule has 112 valence electrons. The van der Waals surface area contributed by atoms with Gasteiger partial charge in [-0.15, -0.1) is 0 Å². The molecule has 20 heavy (non-hydrogen) atoms. The lowest BCUT2D eigenvalue weighted by Gasteiger charge is -2.14. The van der Waals surface area contributed by atoms with Crippen LogP contribution in [0.1, 0.15) is 67.3 Å². The van der Waals surface area contributed by atoms with Crippen LogP contribution in [0.2, 0.25) is 0 Å². The molecule has 0 atom stereocenters. The quantitative estimate of drug-likeness (QED) is 0.788. The van der Waals surface area contributed by atoms with E-state index in [1.807, 2.05) is 0 Å². The zero-order valence-corrected chi connectivity index (χ0v) is 11.8. The van der Waals surface area contributed by atoms with Crippen molar-refractivity contribution in [1.82, 2.24) is 9.78 Å². The minimum absolute atomic E-state index is 0.144. The van der Waals surface area contributed by atoms with Crippen molar-refractivity contribution in [2.75, 3.05) is 0 Å². The number of carbonyl (C=O) groups excluding carboxylic acids is 1. The first-order valence-corrected chi connectivity index (χ1v) is 7.11. The Hall–Kier alpha value is -1.33. The zero-order chi connectivity index (χ0) is 14.9. The third kappa shape index (κ3) is 2.60. The molecule has 1 aliphatic rings. The van der Waals surface area contributed by atoms with Crippen LogP contribution in [0.5, 0.6) is 0 Å². The number of carbonyl (C=O) groups is 1. The first-order chi connectivity index (χ1) is 9.40. The molecule has 1 aromatic rings. The summed E-state index contributed by atoms with van der Waals surface area (Å²) in [6.07, 6.45) is -0.119. The average Bonchev–Trinajstić information content (AvgIpc) is 3.02. The summed E-state index contributed by atoms with van der Waals surface area (Å²) in [6.45, 7) is 3.50. The summed E-state index contributed by atoms with van der Waals surface area (Å²) in [6, 6.07) is 0.144. The fourth-order valence-corrected chi connectivity index (χ4v) is 2.96. The molecule has 3 nitrogen and oxygen atoms in total. The zero-order valence-electron chi connectivity index (χ0n) is 11.8. The first-order valence-electron chi connectivity index (χ1n) is 7.11. The highest BCUT2D eigenvalue weighted by molar-refractivity contribution is 6.02. The van der Waals surface area contributed by atoms with Crippen molar-refractivity contribution in [3.63, 3.8) is 0 Å². The second-order valence-electron chi connectivity index (χ2n) is 5.19. The van der Waals surface area contributed by atoms with Crippen molar-refractivity contribution in [1.29, 1.82) is 0 Å². The van der Waals surface area contributed by atoms with E-state index in [0.717, 1.165) is 25.7 Å². The van der Waals surface area contributed by atoms with Gasteiger partial charge in [0.1, 0.15) is 0 Å². The van der Waals surface area contributed by atoms with E-state index >= 15 is 0 Å². The summed E-state index contributed by atoms with van der Waals surface area (Å²) < 4.78 is 40.0. The number of aromatic nitrogens is 2. The predicted octanol–water partition coefficient (Wildman–Crippen LogP) is 3.87. The predicted molar refractivity (Wildman–Crippen MR) is 68.9 cm³/mol. The molecular formula is C14H19F3N2O. The van der Waals surface area contributed by atoms with E-state index in [0.29, 0.717) is 18.5 Å². The summed E-state index contributed by atoms with van der Waals surface area (Å²) in [5, 5.41) is 4.31. The summed E-state index contributed by atoms with van der Waals surface area (Å²) in [5.41, 5.74) is 0.501. The molecule has 1 aliphatic carbocycles. The Kier molecular flexibility index (Phi) is 4.20. The Labute approximate surface area is 116 Å². The highest BCUT2D eigenvalue weighted by Gasteiger charge is 2.43. The minimum atomic E-state index is -4.84. The molecular weight excluding hydrogens is 269 g/mol. The molecule has 0 amide bonds. The standard InChI is InChI=1S/C14H19F3N2O/c1-3-10-12(13(20)14(15,16)17)11(4-2)19(18-10)9-7-5-6-8-9/h9H,3-8H2,1-2H3. The Bertz CT molecular complexity index is 499. The van der Waals surface area contributed by atoms with Gasteiger partial charge >= 0.3 is 6.18 Å². The summed E-state index contributed by atoms with van der Waals surface area (Å²) in [4.78, 5) is 11.7. The summed E-state index contributed by atoms with van der Waals surface area (Å²) in [7, 11) is 0. The van der Waals surface area contributed by atoms with Crippen LogP contribution in [0.3, 0.4) is 0 Å². The summed E-state index contributed by atoms with van der Waals surface area (Å²) in [5.74, 6) is -1.75. The van der Waals surface area contributed by atoms with E-state index in [9.17, 15) is 18.0 Å². The Morgan fingerprint density at radius 3 is 2.30 bits per heavy atom. The van der Waals surface area contributed by atoms with Gasteiger partial charge < -0.3 is 0 Å². The molecule has 0 saturated heterocycles. The Morgan fingerprint density at radius 1 is 1.25 bits per heavy atom. The van der Waals surface area contributed by atoms with Crippen LogP contribution in [0.4, 0.5) is 13.2 Å². The van der Waals surface area contributed by atoms with E-state index in [-0.39, 0.29) is 17.3 Å². The Balaban J connectivity index is 2.51. The molecule has 0 aromatic carbocycles. The van der Waals surface area contributed by atoms with Gasteiger partial charge in [-0.1, -0.05) is 26.7 Å². The van der Waals surface area contributed by atoms with Crippen LogP contribution < -0.4 is 0 Å². The molecule has 0 N–H and O–H groups in total. The average molecular weight is 288 g/mol. The number of nitrogens with zero attached hydrogens (tertiary/aromatic N) is 2. The van der Waals surface area contributed by atoms with E-state index in [1.165, 1.54) is 0 Å². The molecule has 1 heterocycles. The fraction of sp³-hybridized carbons (Fsp3) is 0.714. The molecule has 0 radical (unpaired) electrons. The van der Waals surface area contributed by atoms with Gasteiger partial charge in [-0.3, -0.25) is 9.48 Å². The molecule has 0 unspecified atom stereocenters. The number of alkyl halides is 3. The largest absolute Gasteiger partial charge is 0.455 e. The molecule has 1 fully saturated rings. The lowest BCUT2D eigenvalue weighted by molar-refractivity contribution is -0.0886. The number of Topliss-reactive ketones (excluding diaryl/α,β-unsaturated/α-hetero) is 1. The second kappa shape index (κ2) is 5.58. The molecule has 1 saturated carbocycles. The van der Waals surface area contributed by atoms with Gasteiger partial charge in [0.15, 0.2) is 0 Å². The van der Waals surface area contributed by atoms with Gasteiger partial charge in [0.25, 0.3) is 5.78 Å². The van der Waals surface area contributed by atoms with Gasteiger partial charge in [-0.2, -0.15) is 18.3 Å². The van der Waals surface area contributed by atoms with Crippen LogP contribution in [-0.4, -0.2) is 21.7 Å². The number of hydrogen-bond acceptors (Lipinski definition) is 2.